The van der Waals surface area contributed by atoms with E-state index in [1.54, 1.807) is 0 Å². The molecule has 0 saturated heterocycles. The zero-order valence-corrected chi connectivity index (χ0v) is 23.3. The van der Waals surface area contributed by atoms with Gasteiger partial charge in [0, 0.05) is 11.5 Å². The molecule has 1 heterocycles. The zero-order chi connectivity index (χ0) is 26.7. The number of aryl methyl sites for hydroxylation is 3. The fourth-order valence-corrected chi connectivity index (χ4v) is 5.87. The van der Waals surface area contributed by atoms with Crippen molar-refractivity contribution in [1.82, 2.24) is 15.1 Å². The topological polar surface area (TPSA) is 67.2 Å². The number of hydrogen-bond donors (Lipinski definition) is 2. The van der Waals surface area contributed by atoms with Gasteiger partial charge in [0.25, 0.3) is 5.91 Å². The van der Waals surface area contributed by atoms with Crippen LogP contribution in [0.15, 0.2) is 42.5 Å². The smallest absolute Gasteiger partial charge is 0.272 e. The zero-order valence-electron chi connectivity index (χ0n) is 23.3. The van der Waals surface area contributed by atoms with Gasteiger partial charge < -0.3 is 10.4 Å². The molecule has 198 valence electrons. The van der Waals surface area contributed by atoms with Gasteiger partial charge in [0.1, 0.15) is 0 Å². The standard InChI is InChI=1S/C32H43N3O2/c1-7-28(36)29(20(2)3)33-32(37)30-26-14-9-8-13-25(19-24-12-10-11-21(4)18-24)31(26)35(34-30)27-16-15-22(5)17-23(27)6/h10-12,15-18,20,25,28-29,36H,7-9,13-14,19H2,1-6H3,(H,33,37)/t25-,28?,29?/m0/s1. The molecule has 3 aromatic rings. The average Bonchev–Trinajstić information content (AvgIpc) is 3.10. The van der Waals surface area contributed by atoms with Crippen LogP contribution in [0.3, 0.4) is 0 Å². The molecule has 0 spiro atoms. The van der Waals surface area contributed by atoms with Crippen LogP contribution in [0.2, 0.25) is 0 Å². The number of amides is 1. The lowest BCUT2D eigenvalue weighted by Gasteiger charge is -2.26. The Balaban J connectivity index is 1.83. The van der Waals surface area contributed by atoms with Crippen molar-refractivity contribution < 1.29 is 9.90 Å². The second-order valence-electron chi connectivity index (χ2n) is 11.3. The number of aromatic nitrogens is 2. The third-order valence-electron chi connectivity index (χ3n) is 7.85. The Morgan fingerprint density at radius 3 is 2.54 bits per heavy atom. The Kier molecular flexibility index (Phi) is 8.53. The molecule has 5 nitrogen and oxygen atoms in total. The lowest BCUT2D eigenvalue weighted by molar-refractivity contribution is 0.0743. The minimum Gasteiger partial charge on any atom is -0.391 e. The van der Waals surface area contributed by atoms with Crippen molar-refractivity contribution in [3.8, 4) is 5.69 Å². The monoisotopic (exact) mass is 501 g/mol. The quantitative estimate of drug-likeness (QED) is 0.352. The number of aliphatic hydroxyl groups excluding tert-OH is 1. The molecule has 0 aliphatic heterocycles. The summed E-state index contributed by atoms with van der Waals surface area (Å²) >= 11 is 0. The van der Waals surface area contributed by atoms with Crippen molar-refractivity contribution in [3.63, 3.8) is 0 Å². The highest BCUT2D eigenvalue weighted by Gasteiger charge is 2.32. The summed E-state index contributed by atoms with van der Waals surface area (Å²) in [6.45, 7) is 12.4. The van der Waals surface area contributed by atoms with Crippen LogP contribution in [0.1, 0.15) is 96.4 Å². The molecule has 1 amide bonds. The highest BCUT2D eigenvalue weighted by molar-refractivity contribution is 5.94. The van der Waals surface area contributed by atoms with E-state index in [1.807, 2.05) is 20.8 Å². The highest BCUT2D eigenvalue weighted by atomic mass is 16.3. The molecule has 0 fully saturated rings. The predicted octanol–water partition coefficient (Wildman–Crippen LogP) is 6.38. The van der Waals surface area contributed by atoms with Crippen LogP contribution >= 0.6 is 0 Å². The average molecular weight is 502 g/mol. The van der Waals surface area contributed by atoms with Gasteiger partial charge in [-0.2, -0.15) is 5.10 Å². The fraction of sp³-hybridized carbons (Fsp3) is 0.500. The summed E-state index contributed by atoms with van der Waals surface area (Å²) in [7, 11) is 0. The van der Waals surface area contributed by atoms with E-state index in [2.05, 4.69) is 73.2 Å². The van der Waals surface area contributed by atoms with E-state index in [4.69, 9.17) is 5.10 Å². The molecule has 2 N–H and O–H groups in total. The molecule has 0 bridgehead atoms. The van der Waals surface area contributed by atoms with Crippen LogP contribution < -0.4 is 5.32 Å². The lowest BCUT2D eigenvalue weighted by Crippen LogP contribution is -2.46. The largest absolute Gasteiger partial charge is 0.391 e. The Bertz CT molecular complexity index is 1240. The first-order valence-corrected chi connectivity index (χ1v) is 13.9. The summed E-state index contributed by atoms with van der Waals surface area (Å²) in [6, 6.07) is 14.9. The number of carbonyl (C=O) groups is 1. The molecule has 2 aromatic carbocycles. The molecule has 1 aliphatic rings. The third kappa shape index (κ3) is 5.98. The van der Waals surface area contributed by atoms with E-state index in [1.165, 1.54) is 22.4 Å². The van der Waals surface area contributed by atoms with Gasteiger partial charge >= 0.3 is 0 Å². The predicted molar refractivity (Wildman–Crippen MR) is 151 cm³/mol. The maximum Gasteiger partial charge on any atom is 0.272 e. The molecule has 1 aromatic heterocycles. The molecule has 0 saturated carbocycles. The molecular formula is C32H43N3O2. The van der Waals surface area contributed by atoms with Gasteiger partial charge in [-0.25, -0.2) is 4.68 Å². The van der Waals surface area contributed by atoms with Crippen LogP contribution in [0.25, 0.3) is 5.69 Å². The summed E-state index contributed by atoms with van der Waals surface area (Å²) in [5.41, 5.74) is 8.74. The fourth-order valence-electron chi connectivity index (χ4n) is 5.87. The number of benzene rings is 2. The van der Waals surface area contributed by atoms with E-state index < -0.39 is 6.10 Å². The highest BCUT2D eigenvalue weighted by Crippen LogP contribution is 2.37. The number of carbonyl (C=O) groups excluding carboxylic acids is 1. The van der Waals surface area contributed by atoms with Crippen molar-refractivity contribution in [2.75, 3.05) is 0 Å². The first-order chi connectivity index (χ1) is 17.7. The van der Waals surface area contributed by atoms with Crippen LogP contribution in [-0.2, 0) is 12.8 Å². The van der Waals surface area contributed by atoms with E-state index in [9.17, 15) is 9.90 Å². The van der Waals surface area contributed by atoms with Crippen molar-refractivity contribution in [1.29, 1.82) is 0 Å². The summed E-state index contributed by atoms with van der Waals surface area (Å²) in [5, 5.41) is 18.8. The second kappa shape index (κ2) is 11.6. The molecule has 1 aliphatic carbocycles. The second-order valence-corrected chi connectivity index (χ2v) is 11.3. The van der Waals surface area contributed by atoms with Gasteiger partial charge in [-0.1, -0.05) is 74.7 Å². The first kappa shape index (κ1) is 27.1. The Morgan fingerprint density at radius 1 is 1.11 bits per heavy atom. The molecule has 5 heteroatoms. The Labute approximate surface area is 222 Å². The summed E-state index contributed by atoms with van der Waals surface area (Å²) < 4.78 is 2.06. The minimum absolute atomic E-state index is 0.119. The van der Waals surface area contributed by atoms with Crippen molar-refractivity contribution in [2.24, 2.45) is 5.92 Å². The van der Waals surface area contributed by atoms with E-state index in [0.29, 0.717) is 12.1 Å². The first-order valence-electron chi connectivity index (χ1n) is 13.9. The van der Waals surface area contributed by atoms with Gasteiger partial charge in [0.15, 0.2) is 5.69 Å². The normalized spacial score (nSPS) is 17.2. The number of nitrogens with one attached hydrogen (secondary N) is 1. The summed E-state index contributed by atoms with van der Waals surface area (Å²) in [5.74, 6) is 0.214. The number of aliphatic hydroxyl groups is 1. The lowest BCUT2D eigenvalue weighted by atomic mass is 9.90. The van der Waals surface area contributed by atoms with E-state index in [0.717, 1.165) is 48.9 Å². The molecule has 37 heavy (non-hydrogen) atoms. The molecule has 0 radical (unpaired) electrons. The SMILES string of the molecule is CCC(O)C(NC(=O)c1nn(-c2ccc(C)cc2C)c2c1CCCC[C@H]2Cc1cccc(C)c1)C(C)C. The van der Waals surface area contributed by atoms with Gasteiger partial charge in [-0.15, -0.1) is 0 Å². The molecular weight excluding hydrogens is 458 g/mol. The summed E-state index contributed by atoms with van der Waals surface area (Å²) in [4.78, 5) is 13.8. The number of nitrogens with zero attached hydrogens (tertiary/aromatic N) is 2. The van der Waals surface area contributed by atoms with E-state index in [-0.39, 0.29) is 23.8 Å². The van der Waals surface area contributed by atoms with Gasteiger partial charge in [0.2, 0.25) is 0 Å². The summed E-state index contributed by atoms with van der Waals surface area (Å²) in [6.07, 6.45) is 5.02. The number of rotatable bonds is 8. The maximum absolute atomic E-state index is 13.8. The van der Waals surface area contributed by atoms with Crippen LogP contribution in [-0.4, -0.2) is 32.9 Å². The van der Waals surface area contributed by atoms with Crippen molar-refractivity contribution >= 4 is 5.91 Å². The molecule has 2 unspecified atom stereocenters. The van der Waals surface area contributed by atoms with Crippen LogP contribution in [0, 0.1) is 26.7 Å². The Hall–Kier alpha value is -2.92. The third-order valence-corrected chi connectivity index (χ3v) is 7.85. The van der Waals surface area contributed by atoms with Crippen LogP contribution in [0.4, 0.5) is 0 Å². The minimum atomic E-state index is -0.585. The maximum atomic E-state index is 13.8. The molecule has 3 atom stereocenters. The van der Waals surface area contributed by atoms with Crippen molar-refractivity contribution in [3.05, 3.63) is 81.7 Å². The number of hydrogen-bond acceptors (Lipinski definition) is 3. The van der Waals surface area contributed by atoms with Crippen molar-refractivity contribution in [2.45, 2.75) is 98.1 Å². The van der Waals surface area contributed by atoms with Gasteiger partial charge in [0.05, 0.1) is 23.5 Å². The van der Waals surface area contributed by atoms with Crippen LogP contribution in [0.5, 0.6) is 0 Å². The van der Waals surface area contributed by atoms with E-state index >= 15 is 0 Å². The van der Waals surface area contributed by atoms with Gasteiger partial charge in [-0.3, -0.25) is 4.79 Å². The Morgan fingerprint density at radius 2 is 1.86 bits per heavy atom. The molecule has 4 rings (SSSR count). The van der Waals surface area contributed by atoms with Gasteiger partial charge in [-0.05, 0) is 76.0 Å². The number of fused-ring (bicyclic) bond motifs is 1.